The van der Waals surface area contributed by atoms with E-state index in [1.165, 1.54) is 0 Å². The van der Waals surface area contributed by atoms with Crippen molar-refractivity contribution in [2.75, 3.05) is 0 Å². The molecular formula is C12H16N2O4. The number of nitrogens with one attached hydrogen (secondary N) is 2. The molecule has 0 spiro atoms. The summed E-state index contributed by atoms with van der Waals surface area (Å²) in [7, 11) is 0. The van der Waals surface area contributed by atoms with Crippen LogP contribution in [0.25, 0.3) is 0 Å². The number of rotatable bonds is 5. The first-order chi connectivity index (χ1) is 8.56. The first-order valence-electron chi connectivity index (χ1n) is 5.89. The van der Waals surface area contributed by atoms with Crippen LogP contribution in [0, 0.1) is 12.8 Å². The summed E-state index contributed by atoms with van der Waals surface area (Å²) in [5, 5.41) is 14.0. The molecule has 1 aliphatic carbocycles. The Morgan fingerprint density at radius 3 is 2.72 bits per heavy atom. The monoisotopic (exact) mass is 252 g/mol. The molecule has 6 heteroatoms. The van der Waals surface area contributed by atoms with Crippen molar-refractivity contribution in [3.63, 3.8) is 0 Å². The van der Waals surface area contributed by atoms with Crippen molar-refractivity contribution in [3.8, 4) is 0 Å². The predicted octanol–water partition coefficient (Wildman–Crippen LogP) is 1.25. The fourth-order valence-corrected chi connectivity index (χ4v) is 1.75. The van der Waals surface area contributed by atoms with Gasteiger partial charge in [-0.1, -0.05) is 0 Å². The number of carbonyl (C=O) groups is 2. The number of carboxylic acid groups (broad SMARTS) is 1. The third-order valence-electron chi connectivity index (χ3n) is 2.87. The van der Waals surface area contributed by atoms with Crippen LogP contribution >= 0.6 is 0 Å². The number of hydrogen-bond acceptors (Lipinski definition) is 3. The third-order valence-corrected chi connectivity index (χ3v) is 2.87. The molecule has 1 unspecified atom stereocenters. The zero-order chi connectivity index (χ0) is 13.1. The SMILES string of the molecule is Cc1ccc(CNC(=O)NC(C(=O)O)C2CC2)o1. The number of urea groups is 1. The molecule has 1 atom stereocenters. The van der Waals surface area contributed by atoms with Gasteiger partial charge in [-0.25, -0.2) is 9.59 Å². The molecule has 98 valence electrons. The molecule has 1 saturated carbocycles. The van der Waals surface area contributed by atoms with Crippen LogP contribution in [-0.4, -0.2) is 23.1 Å². The lowest BCUT2D eigenvalue weighted by Gasteiger charge is -2.13. The minimum atomic E-state index is -0.985. The number of amides is 2. The number of furan rings is 1. The van der Waals surface area contributed by atoms with Gasteiger partial charge in [0.1, 0.15) is 17.6 Å². The Kier molecular flexibility index (Phi) is 3.55. The van der Waals surface area contributed by atoms with E-state index in [-0.39, 0.29) is 12.5 Å². The van der Waals surface area contributed by atoms with E-state index < -0.39 is 18.0 Å². The van der Waals surface area contributed by atoms with Crippen LogP contribution in [0.2, 0.25) is 0 Å². The standard InChI is InChI=1S/C12H16N2O4/c1-7-2-5-9(18-7)6-13-12(17)14-10(11(15)16)8-3-4-8/h2,5,8,10H,3-4,6H2,1H3,(H,15,16)(H2,13,14,17). The molecule has 0 bridgehead atoms. The van der Waals surface area contributed by atoms with E-state index in [1.807, 2.05) is 6.92 Å². The van der Waals surface area contributed by atoms with Crippen molar-refractivity contribution in [1.29, 1.82) is 0 Å². The molecule has 0 radical (unpaired) electrons. The van der Waals surface area contributed by atoms with Crippen molar-refractivity contribution >= 4 is 12.0 Å². The van der Waals surface area contributed by atoms with Crippen LogP contribution in [0.5, 0.6) is 0 Å². The predicted molar refractivity (Wildman–Crippen MR) is 63.0 cm³/mol. The van der Waals surface area contributed by atoms with Gasteiger partial charge in [0.25, 0.3) is 0 Å². The number of carbonyl (C=O) groups excluding carboxylic acids is 1. The summed E-state index contributed by atoms with van der Waals surface area (Å²) in [6, 6.07) is 2.30. The number of carboxylic acids is 1. The summed E-state index contributed by atoms with van der Waals surface area (Å²) in [6.45, 7) is 2.06. The second-order valence-electron chi connectivity index (χ2n) is 4.49. The van der Waals surface area contributed by atoms with Gasteiger partial charge in [0.2, 0.25) is 0 Å². The quantitative estimate of drug-likeness (QED) is 0.735. The highest BCUT2D eigenvalue weighted by atomic mass is 16.4. The maximum Gasteiger partial charge on any atom is 0.326 e. The van der Waals surface area contributed by atoms with Gasteiger partial charge in [0, 0.05) is 0 Å². The molecule has 1 aromatic rings. The minimum Gasteiger partial charge on any atom is -0.480 e. The maximum atomic E-state index is 11.5. The van der Waals surface area contributed by atoms with E-state index in [0.29, 0.717) is 5.76 Å². The first kappa shape index (κ1) is 12.5. The van der Waals surface area contributed by atoms with E-state index in [9.17, 15) is 9.59 Å². The number of aryl methyl sites for hydroxylation is 1. The zero-order valence-corrected chi connectivity index (χ0v) is 10.1. The largest absolute Gasteiger partial charge is 0.480 e. The van der Waals surface area contributed by atoms with Crippen molar-refractivity contribution in [2.45, 2.75) is 32.4 Å². The highest BCUT2D eigenvalue weighted by Crippen LogP contribution is 2.32. The fraction of sp³-hybridized carbons (Fsp3) is 0.500. The fourth-order valence-electron chi connectivity index (χ4n) is 1.75. The summed E-state index contributed by atoms with van der Waals surface area (Å²) in [5.41, 5.74) is 0. The second kappa shape index (κ2) is 5.12. The molecule has 2 amide bonds. The molecule has 0 aromatic carbocycles. The Hall–Kier alpha value is -1.98. The molecule has 0 saturated heterocycles. The molecule has 1 aromatic heterocycles. The lowest BCUT2D eigenvalue weighted by atomic mass is 10.2. The van der Waals surface area contributed by atoms with Crippen LogP contribution in [0.1, 0.15) is 24.4 Å². The minimum absolute atomic E-state index is 0.0686. The van der Waals surface area contributed by atoms with E-state index in [1.54, 1.807) is 12.1 Å². The Balaban J connectivity index is 1.79. The van der Waals surface area contributed by atoms with E-state index >= 15 is 0 Å². The Labute approximate surface area is 104 Å². The molecule has 1 fully saturated rings. The van der Waals surface area contributed by atoms with Gasteiger partial charge in [-0.2, -0.15) is 0 Å². The van der Waals surface area contributed by atoms with E-state index in [4.69, 9.17) is 9.52 Å². The van der Waals surface area contributed by atoms with Crippen molar-refractivity contribution in [2.24, 2.45) is 5.92 Å². The van der Waals surface area contributed by atoms with Crippen LogP contribution in [0.3, 0.4) is 0 Å². The summed E-state index contributed by atoms with van der Waals surface area (Å²) >= 11 is 0. The topological polar surface area (TPSA) is 91.6 Å². The molecule has 1 heterocycles. The molecule has 1 aliphatic rings. The molecule has 3 N–H and O–H groups in total. The normalized spacial score (nSPS) is 16.1. The van der Waals surface area contributed by atoms with Gasteiger partial charge in [-0.15, -0.1) is 0 Å². The summed E-state index contributed by atoms with van der Waals surface area (Å²) in [4.78, 5) is 22.5. The number of aliphatic carboxylic acids is 1. The Bertz CT molecular complexity index is 451. The molecule has 18 heavy (non-hydrogen) atoms. The average Bonchev–Trinajstić information content (AvgIpc) is 3.06. The van der Waals surface area contributed by atoms with E-state index in [2.05, 4.69) is 10.6 Å². The van der Waals surface area contributed by atoms with Crippen LogP contribution in [-0.2, 0) is 11.3 Å². The van der Waals surface area contributed by atoms with Crippen molar-refractivity contribution in [1.82, 2.24) is 10.6 Å². The lowest BCUT2D eigenvalue weighted by molar-refractivity contribution is -0.139. The summed E-state index contributed by atoms with van der Waals surface area (Å²) < 4.78 is 5.29. The van der Waals surface area contributed by atoms with Crippen molar-refractivity contribution in [3.05, 3.63) is 23.7 Å². The second-order valence-corrected chi connectivity index (χ2v) is 4.49. The summed E-state index contributed by atoms with van der Waals surface area (Å²) in [6.07, 6.45) is 1.71. The van der Waals surface area contributed by atoms with Gasteiger partial charge >= 0.3 is 12.0 Å². The van der Waals surface area contributed by atoms with Crippen LogP contribution in [0.4, 0.5) is 4.79 Å². The molecular weight excluding hydrogens is 236 g/mol. The van der Waals surface area contributed by atoms with Gasteiger partial charge < -0.3 is 20.2 Å². The van der Waals surface area contributed by atoms with E-state index in [0.717, 1.165) is 18.6 Å². The van der Waals surface area contributed by atoms with Gasteiger partial charge in [-0.05, 0) is 37.8 Å². The molecule has 6 nitrogen and oxygen atoms in total. The lowest BCUT2D eigenvalue weighted by Crippen LogP contribution is -2.46. The maximum absolute atomic E-state index is 11.5. The van der Waals surface area contributed by atoms with Crippen LogP contribution < -0.4 is 10.6 Å². The van der Waals surface area contributed by atoms with Crippen molar-refractivity contribution < 1.29 is 19.1 Å². The highest BCUT2D eigenvalue weighted by molar-refractivity contribution is 5.83. The molecule has 2 rings (SSSR count). The van der Waals surface area contributed by atoms with Gasteiger partial charge in [0.15, 0.2) is 0 Å². The zero-order valence-electron chi connectivity index (χ0n) is 10.1. The third kappa shape index (κ3) is 3.26. The Morgan fingerprint density at radius 2 is 2.22 bits per heavy atom. The van der Waals surface area contributed by atoms with Gasteiger partial charge in [-0.3, -0.25) is 0 Å². The van der Waals surface area contributed by atoms with Gasteiger partial charge in [0.05, 0.1) is 6.54 Å². The smallest absolute Gasteiger partial charge is 0.326 e. The average molecular weight is 252 g/mol. The Morgan fingerprint density at radius 1 is 1.50 bits per heavy atom. The highest BCUT2D eigenvalue weighted by Gasteiger charge is 2.37. The first-order valence-corrected chi connectivity index (χ1v) is 5.89. The van der Waals surface area contributed by atoms with Crippen LogP contribution in [0.15, 0.2) is 16.5 Å². The number of hydrogen-bond donors (Lipinski definition) is 3. The molecule has 0 aliphatic heterocycles. The summed E-state index contributed by atoms with van der Waals surface area (Å²) in [5.74, 6) is 0.496.